The van der Waals surface area contributed by atoms with Crippen molar-refractivity contribution in [3.8, 4) is 11.5 Å². The Balaban J connectivity index is 2.05. The van der Waals surface area contributed by atoms with E-state index in [0.29, 0.717) is 6.07 Å². The lowest BCUT2D eigenvalue weighted by molar-refractivity contribution is -0.138. The molecule has 156 valence electrons. The van der Waals surface area contributed by atoms with E-state index in [9.17, 15) is 27.5 Å². The van der Waals surface area contributed by atoms with Gasteiger partial charge in [-0.3, -0.25) is 0 Å². The summed E-state index contributed by atoms with van der Waals surface area (Å²) in [6.45, 7) is 0.118. The van der Waals surface area contributed by atoms with Gasteiger partial charge in [-0.25, -0.2) is 9.18 Å². The van der Waals surface area contributed by atoms with E-state index in [-0.39, 0.29) is 18.0 Å². The van der Waals surface area contributed by atoms with Crippen molar-refractivity contribution in [2.24, 2.45) is 0 Å². The first-order valence-corrected chi connectivity index (χ1v) is 9.33. The number of halogens is 5. The lowest BCUT2D eigenvalue weighted by Crippen LogP contribution is -2.12. The average Bonchev–Trinajstić information content (AvgIpc) is 2.68. The molecule has 0 amide bonds. The van der Waals surface area contributed by atoms with Gasteiger partial charge in [-0.1, -0.05) is 28.1 Å². The highest BCUT2D eigenvalue weighted by Crippen LogP contribution is 2.43. The van der Waals surface area contributed by atoms with Gasteiger partial charge in [0.15, 0.2) is 5.75 Å². The first kappa shape index (κ1) is 21.6. The molecule has 0 spiro atoms. The van der Waals surface area contributed by atoms with Crippen molar-refractivity contribution < 1.29 is 32.2 Å². The van der Waals surface area contributed by atoms with Crippen molar-refractivity contribution in [3.05, 3.63) is 87.6 Å². The molecule has 9 heteroatoms. The number of alkyl halides is 3. The van der Waals surface area contributed by atoms with Crippen molar-refractivity contribution in [2.45, 2.75) is 12.7 Å². The molecule has 0 unspecified atom stereocenters. The molecule has 0 fully saturated rings. The minimum Gasteiger partial charge on any atom is -0.478 e. The fraction of sp³-hybridized carbons (Fsp3) is 0.0952. The number of hydrogen-bond acceptors (Lipinski definition) is 3. The van der Waals surface area contributed by atoms with Gasteiger partial charge in [0.1, 0.15) is 17.1 Å². The number of carboxylic acids is 1. The lowest BCUT2D eigenvalue weighted by Gasteiger charge is -2.19. The van der Waals surface area contributed by atoms with Crippen LogP contribution in [-0.4, -0.2) is 11.1 Å². The largest absolute Gasteiger partial charge is 0.478 e. The Bertz CT molecular complexity index is 1050. The van der Waals surface area contributed by atoms with Crippen LogP contribution in [0.3, 0.4) is 0 Å². The Labute approximate surface area is 177 Å². The molecule has 3 rings (SSSR count). The molecule has 0 atom stereocenters. The summed E-state index contributed by atoms with van der Waals surface area (Å²) in [7, 11) is 0. The Hall–Kier alpha value is -3.07. The molecule has 2 N–H and O–H groups in total. The highest BCUT2D eigenvalue weighted by Gasteiger charge is 2.37. The van der Waals surface area contributed by atoms with Crippen molar-refractivity contribution in [3.63, 3.8) is 0 Å². The molecule has 3 aromatic carbocycles. The third-order valence-electron chi connectivity index (χ3n) is 4.07. The number of aromatic carboxylic acids is 1. The van der Waals surface area contributed by atoms with Gasteiger partial charge < -0.3 is 15.2 Å². The predicted molar refractivity (Wildman–Crippen MR) is 106 cm³/mol. The number of benzene rings is 3. The fourth-order valence-corrected chi connectivity index (χ4v) is 2.89. The number of anilines is 1. The molecule has 0 saturated heterocycles. The van der Waals surface area contributed by atoms with E-state index in [1.807, 2.05) is 0 Å². The molecule has 0 heterocycles. The normalized spacial score (nSPS) is 11.2. The van der Waals surface area contributed by atoms with Gasteiger partial charge in [0.25, 0.3) is 0 Å². The number of rotatable bonds is 6. The van der Waals surface area contributed by atoms with Crippen molar-refractivity contribution in [1.29, 1.82) is 0 Å². The molecule has 4 nitrogen and oxygen atoms in total. The van der Waals surface area contributed by atoms with Crippen LogP contribution in [0.5, 0.6) is 11.5 Å². The summed E-state index contributed by atoms with van der Waals surface area (Å²) in [6.07, 6.45) is -4.88. The second-order valence-electron chi connectivity index (χ2n) is 6.24. The molecule has 30 heavy (non-hydrogen) atoms. The zero-order valence-corrected chi connectivity index (χ0v) is 16.7. The number of carbonyl (C=O) groups is 1. The second-order valence-corrected chi connectivity index (χ2v) is 7.16. The van der Waals surface area contributed by atoms with Crippen LogP contribution >= 0.6 is 15.9 Å². The van der Waals surface area contributed by atoms with E-state index in [1.165, 1.54) is 12.1 Å². The van der Waals surface area contributed by atoms with Gasteiger partial charge >= 0.3 is 12.1 Å². The van der Waals surface area contributed by atoms with Gasteiger partial charge in [0.05, 0.1) is 11.3 Å². The van der Waals surface area contributed by atoms with E-state index in [2.05, 4.69) is 21.2 Å². The van der Waals surface area contributed by atoms with Crippen LogP contribution in [0.2, 0.25) is 0 Å². The summed E-state index contributed by atoms with van der Waals surface area (Å²) < 4.78 is 60.4. The highest BCUT2D eigenvalue weighted by molar-refractivity contribution is 9.10. The molecule has 0 aromatic heterocycles. The smallest absolute Gasteiger partial charge is 0.420 e. The van der Waals surface area contributed by atoms with Gasteiger partial charge in [-0.15, -0.1) is 0 Å². The van der Waals surface area contributed by atoms with Gasteiger partial charge in [-0.05, 0) is 54.1 Å². The maximum atomic E-state index is 13.7. The van der Waals surface area contributed by atoms with Crippen molar-refractivity contribution in [2.75, 3.05) is 5.32 Å². The van der Waals surface area contributed by atoms with E-state index in [0.717, 1.165) is 28.2 Å². The van der Waals surface area contributed by atoms with Gasteiger partial charge in [0, 0.05) is 11.0 Å². The molecule has 0 radical (unpaired) electrons. The first-order valence-electron chi connectivity index (χ1n) is 8.54. The summed E-state index contributed by atoms with van der Waals surface area (Å²) in [4.78, 5) is 11.4. The molecular formula is C21H14BrF4NO3. The Morgan fingerprint density at radius 3 is 2.23 bits per heavy atom. The molecular weight excluding hydrogens is 470 g/mol. The van der Waals surface area contributed by atoms with E-state index >= 15 is 0 Å². The first-order chi connectivity index (χ1) is 14.1. The van der Waals surface area contributed by atoms with Crippen LogP contribution in [0, 0.1) is 5.82 Å². The van der Waals surface area contributed by atoms with Gasteiger partial charge in [-0.2, -0.15) is 13.2 Å². The lowest BCUT2D eigenvalue weighted by atomic mass is 10.1. The van der Waals surface area contributed by atoms with E-state index < -0.39 is 34.8 Å². The SMILES string of the molecule is O=C(O)c1cc(NCc2ccc(Br)cc2)c(Oc2ccc(F)cc2)c(C(F)(F)F)c1. The molecule has 0 saturated carbocycles. The number of ether oxygens (including phenoxy) is 1. The maximum Gasteiger partial charge on any atom is 0.420 e. The van der Waals surface area contributed by atoms with Crippen molar-refractivity contribution in [1.82, 2.24) is 0 Å². The Kier molecular flexibility index (Phi) is 6.31. The molecule has 0 aliphatic rings. The molecule has 0 aliphatic carbocycles. The predicted octanol–water partition coefficient (Wildman–Crippen LogP) is 6.71. The third kappa shape index (κ3) is 5.29. The van der Waals surface area contributed by atoms with E-state index in [4.69, 9.17) is 4.74 Å². The maximum absolute atomic E-state index is 13.7. The quantitative estimate of drug-likeness (QED) is 0.382. The van der Waals surface area contributed by atoms with Crippen LogP contribution in [0.4, 0.5) is 23.2 Å². The van der Waals surface area contributed by atoms with Crippen molar-refractivity contribution >= 4 is 27.6 Å². The Morgan fingerprint density at radius 2 is 1.67 bits per heavy atom. The third-order valence-corrected chi connectivity index (χ3v) is 4.60. The highest BCUT2D eigenvalue weighted by atomic mass is 79.9. The zero-order valence-electron chi connectivity index (χ0n) is 15.1. The van der Waals surface area contributed by atoms with Crippen LogP contribution in [0.1, 0.15) is 21.5 Å². The summed E-state index contributed by atoms with van der Waals surface area (Å²) in [6, 6.07) is 13.1. The molecule has 0 aliphatic heterocycles. The second kappa shape index (κ2) is 8.74. The number of hydrogen-bond donors (Lipinski definition) is 2. The summed E-state index contributed by atoms with van der Waals surface area (Å²) >= 11 is 3.29. The van der Waals surface area contributed by atoms with Crippen LogP contribution < -0.4 is 10.1 Å². The van der Waals surface area contributed by atoms with Crippen LogP contribution in [0.25, 0.3) is 0 Å². The average molecular weight is 484 g/mol. The molecule has 3 aromatic rings. The summed E-state index contributed by atoms with van der Waals surface area (Å²) in [5.74, 6) is -2.72. The minimum atomic E-state index is -4.88. The monoisotopic (exact) mass is 483 g/mol. The van der Waals surface area contributed by atoms with Gasteiger partial charge in [0.2, 0.25) is 0 Å². The Morgan fingerprint density at radius 1 is 1.03 bits per heavy atom. The fourth-order valence-electron chi connectivity index (χ4n) is 2.62. The van der Waals surface area contributed by atoms with E-state index in [1.54, 1.807) is 24.3 Å². The summed E-state index contributed by atoms with van der Waals surface area (Å²) in [5.41, 5.74) is -1.22. The van der Waals surface area contributed by atoms with Crippen LogP contribution in [0.15, 0.2) is 65.1 Å². The topological polar surface area (TPSA) is 58.6 Å². The minimum absolute atomic E-state index is 0.0309. The molecule has 0 bridgehead atoms. The standard InChI is InChI=1S/C21H14BrF4NO3/c22-14-3-1-12(2-4-14)11-27-18-10-13(20(28)29)9-17(21(24,25)26)19(18)30-16-7-5-15(23)6-8-16/h1-10,27H,11H2,(H,28,29). The zero-order chi connectivity index (χ0) is 21.9. The van der Waals surface area contributed by atoms with Crippen LogP contribution in [-0.2, 0) is 12.7 Å². The summed E-state index contributed by atoms with van der Waals surface area (Å²) in [5, 5.41) is 12.1. The number of carboxylic acid groups (broad SMARTS) is 1. The number of nitrogens with one attached hydrogen (secondary N) is 1.